The highest BCUT2D eigenvalue weighted by Gasteiger charge is 2.24. The number of aliphatic hydroxyl groups excluding tert-OH is 1. The molecule has 6 nitrogen and oxygen atoms in total. The average Bonchev–Trinajstić information content (AvgIpc) is 3.32. The van der Waals surface area contributed by atoms with Gasteiger partial charge < -0.3 is 10.8 Å². The van der Waals surface area contributed by atoms with Gasteiger partial charge in [0.2, 0.25) is 0 Å². The van der Waals surface area contributed by atoms with Crippen molar-refractivity contribution < 1.29 is 18.1 Å². The van der Waals surface area contributed by atoms with Crippen LogP contribution in [0.4, 0.5) is 0 Å². The molecule has 0 aromatic heterocycles. The maximum atomic E-state index is 10.8. The van der Waals surface area contributed by atoms with Crippen LogP contribution < -0.4 is 11.2 Å². The molecule has 3 rings (SSSR count). The van der Waals surface area contributed by atoms with Crippen molar-refractivity contribution in [1.29, 1.82) is 0 Å². The van der Waals surface area contributed by atoms with E-state index in [4.69, 9.17) is 10.3 Å². The van der Waals surface area contributed by atoms with Crippen molar-refractivity contribution in [3.05, 3.63) is 87.6 Å². The zero-order chi connectivity index (χ0) is 19.3. The van der Waals surface area contributed by atoms with Crippen molar-refractivity contribution in [1.82, 2.24) is 0 Å². The van der Waals surface area contributed by atoms with Gasteiger partial charge in [0.25, 0.3) is 10.1 Å². The van der Waals surface area contributed by atoms with Crippen LogP contribution in [0.1, 0.15) is 22.8 Å². The van der Waals surface area contributed by atoms with Gasteiger partial charge in [0.1, 0.15) is 0 Å². The Bertz CT molecular complexity index is 942. The van der Waals surface area contributed by atoms with Crippen LogP contribution in [0.2, 0.25) is 0 Å². The molecular weight excluding hydrogens is 354 g/mol. The number of hydrogen-bond acceptors (Lipinski definition) is 5. The van der Waals surface area contributed by atoms with Crippen LogP contribution in [0.5, 0.6) is 0 Å². The minimum atomic E-state index is -4.02. The summed E-state index contributed by atoms with van der Waals surface area (Å²) in [5.41, 5.74) is 8.21. The van der Waals surface area contributed by atoms with E-state index in [9.17, 15) is 18.3 Å². The highest BCUT2D eigenvalue weighted by atomic mass is 32.2. The maximum absolute atomic E-state index is 10.8. The molecule has 4 N–H and O–H groups in total. The summed E-state index contributed by atoms with van der Waals surface area (Å²) in [6, 6.07) is 16.7. The van der Waals surface area contributed by atoms with E-state index >= 15 is 0 Å². The van der Waals surface area contributed by atoms with E-state index in [-0.39, 0.29) is 10.3 Å². The lowest BCUT2D eigenvalue weighted by Crippen LogP contribution is -2.30. The van der Waals surface area contributed by atoms with E-state index in [1.54, 1.807) is 12.1 Å². The van der Waals surface area contributed by atoms with Crippen molar-refractivity contribution in [2.45, 2.75) is 30.4 Å². The van der Waals surface area contributed by atoms with Gasteiger partial charge in [0.05, 0.1) is 11.0 Å². The summed E-state index contributed by atoms with van der Waals surface area (Å²) in [5, 5.41) is 9.68. The van der Waals surface area contributed by atoms with Crippen molar-refractivity contribution in [2.75, 3.05) is 0 Å². The third-order valence-electron chi connectivity index (χ3n) is 3.85. The van der Waals surface area contributed by atoms with E-state index < -0.39 is 22.3 Å². The van der Waals surface area contributed by atoms with Gasteiger partial charge in [-0.15, -0.1) is 0 Å². The molecule has 0 aliphatic carbocycles. The number of benzene rings is 2. The van der Waals surface area contributed by atoms with Crippen LogP contribution in [-0.2, 0) is 16.5 Å². The number of aryl methyl sites for hydroxylation is 1. The fraction of sp³-hybridized carbons (Fsp3) is 0.211. The molecule has 3 aromatic carbocycles. The van der Waals surface area contributed by atoms with Crippen LogP contribution in [0.25, 0.3) is 0 Å². The Morgan fingerprint density at radius 3 is 2.04 bits per heavy atom. The number of nitrogens with two attached hydrogens (primary N) is 1. The molecule has 0 aliphatic rings. The first-order chi connectivity index (χ1) is 12.2. The predicted molar refractivity (Wildman–Crippen MR) is 99.2 cm³/mol. The lowest BCUT2D eigenvalue weighted by molar-refractivity contribution is 0.149. The molecule has 0 amide bonds. The van der Waals surface area contributed by atoms with Gasteiger partial charge in [0, 0.05) is 11.6 Å². The molecule has 0 aliphatic heterocycles. The summed E-state index contributed by atoms with van der Waals surface area (Å²) in [4.78, 5) is 10.7. The Morgan fingerprint density at radius 2 is 1.58 bits per heavy atom. The Hall–Kier alpha value is -2.32. The molecule has 7 heteroatoms. The van der Waals surface area contributed by atoms with E-state index in [1.807, 2.05) is 37.3 Å². The first-order valence-corrected chi connectivity index (χ1v) is 9.40. The fourth-order valence-corrected chi connectivity index (χ4v) is 2.76. The SMILES string of the molecule is Cc1ccc(S(=O)(=O)O)cc1.N[C@@H](Cc1ccccc1)C(O)c1cc1=O. The summed E-state index contributed by atoms with van der Waals surface area (Å²) in [6.45, 7) is 1.84. The molecule has 26 heavy (non-hydrogen) atoms. The fourth-order valence-electron chi connectivity index (χ4n) is 2.28. The Morgan fingerprint density at radius 1 is 1.04 bits per heavy atom. The summed E-state index contributed by atoms with van der Waals surface area (Å²) in [5.74, 6) is 0. The number of aliphatic hydroxyl groups is 1. The molecule has 138 valence electrons. The highest BCUT2D eigenvalue weighted by Crippen LogP contribution is 2.17. The second-order valence-corrected chi connectivity index (χ2v) is 7.47. The van der Waals surface area contributed by atoms with Gasteiger partial charge in [-0.25, -0.2) is 0 Å². The molecule has 2 atom stereocenters. The Balaban J connectivity index is 0.000000197. The largest absolute Gasteiger partial charge is 0.387 e. The Kier molecular flexibility index (Phi) is 6.44. The minimum Gasteiger partial charge on any atom is -0.387 e. The van der Waals surface area contributed by atoms with Gasteiger partial charge >= 0.3 is 0 Å². The van der Waals surface area contributed by atoms with Gasteiger partial charge in [-0.2, -0.15) is 8.42 Å². The standard InChI is InChI=1S/C12H13NO2.C7H8O3S/c13-10(12(15)9-7-11(9)14)6-8-4-2-1-3-5-8;1-6-2-4-7(5-3-6)11(8,9)10/h1-5,7,10,12,15H,6,13H2;2-5H,1H3,(H,8,9,10)/t10-,12?;/m0./s1. The quantitative estimate of drug-likeness (QED) is 0.585. The van der Waals surface area contributed by atoms with Crippen molar-refractivity contribution in [2.24, 2.45) is 5.73 Å². The van der Waals surface area contributed by atoms with E-state index in [0.29, 0.717) is 12.0 Å². The van der Waals surface area contributed by atoms with E-state index in [0.717, 1.165) is 11.1 Å². The lowest BCUT2D eigenvalue weighted by atomic mass is 10.0. The number of hydrogen-bond donors (Lipinski definition) is 3. The zero-order valence-electron chi connectivity index (χ0n) is 14.2. The molecular formula is C19H21NO5S. The molecule has 0 bridgehead atoms. The predicted octanol–water partition coefficient (Wildman–Crippen LogP) is 1.77. The normalized spacial score (nSPS) is 13.7. The van der Waals surface area contributed by atoms with Crippen LogP contribution >= 0.6 is 0 Å². The molecule has 0 spiro atoms. The third-order valence-corrected chi connectivity index (χ3v) is 4.71. The zero-order valence-corrected chi connectivity index (χ0v) is 15.1. The van der Waals surface area contributed by atoms with Crippen molar-refractivity contribution >= 4 is 10.1 Å². The molecule has 3 aromatic rings. The third kappa shape index (κ3) is 5.89. The molecule has 0 radical (unpaired) electrons. The van der Waals surface area contributed by atoms with Crippen LogP contribution in [0.3, 0.4) is 0 Å². The monoisotopic (exact) mass is 375 g/mol. The molecule has 0 saturated carbocycles. The first-order valence-electron chi connectivity index (χ1n) is 7.96. The Labute approximate surface area is 152 Å². The average molecular weight is 375 g/mol. The summed E-state index contributed by atoms with van der Waals surface area (Å²) >= 11 is 0. The van der Waals surface area contributed by atoms with E-state index in [2.05, 4.69) is 0 Å². The summed E-state index contributed by atoms with van der Waals surface area (Å²) in [6.07, 6.45) is -0.246. The molecule has 0 heterocycles. The topological polar surface area (TPSA) is 118 Å². The van der Waals surface area contributed by atoms with Crippen LogP contribution in [-0.4, -0.2) is 24.1 Å². The molecule has 1 unspecified atom stereocenters. The van der Waals surface area contributed by atoms with Gasteiger partial charge in [-0.1, -0.05) is 48.0 Å². The second-order valence-electron chi connectivity index (χ2n) is 6.05. The maximum Gasteiger partial charge on any atom is 0.294 e. The first kappa shape index (κ1) is 20.0. The molecule has 0 saturated heterocycles. The van der Waals surface area contributed by atoms with Crippen LogP contribution in [0.15, 0.2) is 70.4 Å². The minimum absolute atomic E-state index is 0.0666. The lowest BCUT2D eigenvalue weighted by Gasteiger charge is -2.15. The molecule has 0 fully saturated rings. The highest BCUT2D eigenvalue weighted by molar-refractivity contribution is 7.85. The number of rotatable bonds is 5. The smallest absolute Gasteiger partial charge is 0.294 e. The van der Waals surface area contributed by atoms with Gasteiger partial charge in [-0.3, -0.25) is 9.35 Å². The van der Waals surface area contributed by atoms with Crippen molar-refractivity contribution in [3.63, 3.8) is 0 Å². The van der Waals surface area contributed by atoms with Gasteiger partial charge in [-0.05, 0) is 37.1 Å². The van der Waals surface area contributed by atoms with Crippen LogP contribution in [0, 0.1) is 6.92 Å². The van der Waals surface area contributed by atoms with Gasteiger partial charge in [0.15, 0.2) is 5.43 Å². The summed E-state index contributed by atoms with van der Waals surface area (Å²) < 4.78 is 29.6. The summed E-state index contributed by atoms with van der Waals surface area (Å²) in [7, 11) is -4.02. The van der Waals surface area contributed by atoms with Crippen molar-refractivity contribution in [3.8, 4) is 0 Å². The second kappa shape index (κ2) is 8.37. The van der Waals surface area contributed by atoms with E-state index in [1.165, 1.54) is 18.2 Å².